The van der Waals surface area contributed by atoms with Crippen molar-refractivity contribution in [3.8, 4) is 0 Å². The van der Waals surface area contributed by atoms with Crippen molar-refractivity contribution in [1.29, 1.82) is 0 Å². The van der Waals surface area contributed by atoms with Gasteiger partial charge in [-0.2, -0.15) is 0 Å². The number of hydrogen-bond donors (Lipinski definition) is 2. The van der Waals surface area contributed by atoms with E-state index in [0.717, 1.165) is 16.8 Å². The Balaban J connectivity index is 1.92. The van der Waals surface area contributed by atoms with E-state index < -0.39 is 21.0 Å². The van der Waals surface area contributed by atoms with Gasteiger partial charge in [0.05, 0.1) is 0 Å². The molecule has 6 nitrogen and oxygen atoms in total. The van der Waals surface area contributed by atoms with Crippen molar-refractivity contribution in [2.45, 2.75) is 5.09 Å². The highest BCUT2D eigenvalue weighted by atomic mass is 32.2. The van der Waals surface area contributed by atoms with Crippen LogP contribution in [0.25, 0.3) is 10.8 Å². The van der Waals surface area contributed by atoms with Crippen LogP contribution in [0.4, 0.5) is 5.69 Å². The Kier molecular flexibility index (Phi) is 3.44. The molecule has 0 fully saturated rings. The van der Waals surface area contributed by atoms with Crippen LogP contribution in [0.1, 0.15) is 10.6 Å². The summed E-state index contributed by atoms with van der Waals surface area (Å²) in [6.45, 7) is 0. The largest absolute Gasteiger partial charge is 0.438 e. The van der Waals surface area contributed by atoms with Gasteiger partial charge in [0.1, 0.15) is 0 Å². The van der Waals surface area contributed by atoms with Crippen LogP contribution in [0.15, 0.2) is 64.1 Å². The maximum Gasteiger partial charge on any atom is 0.291 e. The SMILES string of the molecule is NS(=O)(=O)c1ccc(C(=O)Nc2cccc3ccccc23)o1. The minimum absolute atomic E-state index is 0.128. The number of carbonyl (C=O) groups excluding carboxylic acids is 1. The van der Waals surface area contributed by atoms with Crippen LogP contribution in [-0.2, 0) is 10.0 Å². The van der Waals surface area contributed by atoms with Gasteiger partial charge in [-0.05, 0) is 23.6 Å². The second-order valence-corrected chi connectivity index (χ2v) is 6.14. The molecule has 0 unspecified atom stereocenters. The fourth-order valence-electron chi connectivity index (χ4n) is 2.11. The lowest BCUT2D eigenvalue weighted by molar-refractivity contribution is 0.0992. The van der Waals surface area contributed by atoms with Crippen molar-refractivity contribution in [1.82, 2.24) is 0 Å². The molecule has 0 aliphatic rings. The quantitative estimate of drug-likeness (QED) is 0.774. The molecule has 3 rings (SSSR count). The topological polar surface area (TPSA) is 102 Å². The molecule has 0 saturated heterocycles. The van der Waals surface area contributed by atoms with Gasteiger partial charge in [0.2, 0.25) is 5.09 Å². The van der Waals surface area contributed by atoms with Gasteiger partial charge in [0.15, 0.2) is 5.76 Å². The number of anilines is 1. The lowest BCUT2D eigenvalue weighted by atomic mass is 10.1. The minimum atomic E-state index is -3.97. The maximum absolute atomic E-state index is 12.2. The molecule has 0 aliphatic carbocycles. The number of benzene rings is 2. The van der Waals surface area contributed by atoms with Crippen molar-refractivity contribution in [3.05, 3.63) is 60.4 Å². The number of nitrogens with two attached hydrogens (primary N) is 1. The van der Waals surface area contributed by atoms with Crippen molar-refractivity contribution >= 4 is 32.4 Å². The van der Waals surface area contributed by atoms with E-state index in [0.29, 0.717) is 5.69 Å². The van der Waals surface area contributed by atoms with Crippen LogP contribution in [-0.4, -0.2) is 14.3 Å². The van der Waals surface area contributed by atoms with Crippen LogP contribution >= 0.6 is 0 Å². The summed E-state index contributed by atoms with van der Waals surface area (Å²) in [5.41, 5.74) is 0.608. The third-order valence-corrected chi connectivity index (χ3v) is 3.90. The summed E-state index contributed by atoms with van der Waals surface area (Å²) < 4.78 is 27.3. The fourth-order valence-corrected chi connectivity index (χ4v) is 2.58. The summed E-state index contributed by atoms with van der Waals surface area (Å²) >= 11 is 0. The van der Waals surface area contributed by atoms with E-state index in [4.69, 9.17) is 9.56 Å². The number of furan rings is 1. The monoisotopic (exact) mass is 316 g/mol. The zero-order valence-corrected chi connectivity index (χ0v) is 12.1. The first kappa shape index (κ1) is 14.3. The second kappa shape index (κ2) is 5.28. The van der Waals surface area contributed by atoms with Gasteiger partial charge in [-0.3, -0.25) is 4.79 Å². The van der Waals surface area contributed by atoms with E-state index in [2.05, 4.69) is 5.32 Å². The standard InChI is InChI=1S/C15H12N2O4S/c16-22(19,20)14-9-8-13(21-14)15(18)17-12-7-3-5-10-4-1-2-6-11(10)12/h1-9H,(H,17,18)(H2,16,19,20). The van der Waals surface area contributed by atoms with Gasteiger partial charge in [-0.25, -0.2) is 13.6 Å². The van der Waals surface area contributed by atoms with Crippen molar-refractivity contribution in [2.24, 2.45) is 5.14 Å². The Bertz CT molecular complexity index is 955. The highest BCUT2D eigenvalue weighted by Gasteiger charge is 2.18. The third-order valence-electron chi connectivity index (χ3n) is 3.12. The molecule has 2 aromatic carbocycles. The summed E-state index contributed by atoms with van der Waals surface area (Å²) in [5.74, 6) is -0.678. The van der Waals surface area contributed by atoms with Gasteiger partial charge >= 0.3 is 0 Å². The highest BCUT2D eigenvalue weighted by Crippen LogP contribution is 2.24. The van der Waals surface area contributed by atoms with Crippen molar-refractivity contribution in [2.75, 3.05) is 5.32 Å². The minimum Gasteiger partial charge on any atom is -0.438 e. The molecule has 1 aromatic heterocycles. The van der Waals surface area contributed by atoms with E-state index in [-0.39, 0.29) is 5.76 Å². The highest BCUT2D eigenvalue weighted by molar-refractivity contribution is 7.89. The number of amides is 1. The zero-order chi connectivity index (χ0) is 15.7. The van der Waals surface area contributed by atoms with Gasteiger partial charge < -0.3 is 9.73 Å². The Morgan fingerprint density at radius 1 is 1.00 bits per heavy atom. The Hall–Kier alpha value is -2.64. The molecule has 0 atom stereocenters. The van der Waals surface area contributed by atoms with Crippen LogP contribution in [0.3, 0.4) is 0 Å². The van der Waals surface area contributed by atoms with Gasteiger partial charge in [0, 0.05) is 11.1 Å². The van der Waals surface area contributed by atoms with Crippen molar-refractivity contribution in [3.63, 3.8) is 0 Å². The molecule has 1 heterocycles. The van der Waals surface area contributed by atoms with E-state index in [9.17, 15) is 13.2 Å². The van der Waals surface area contributed by atoms with Gasteiger partial charge in [-0.15, -0.1) is 0 Å². The smallest absolute Gasteiger partial charge is 0.291 e. The van der Waals surface area contributed by atoms with Crippen LogP contribution in [0.2, 0.25) is 0 Å². The van der Waals surface area contributed by atoms with Crippen molar-refractivity contribution < 1.29 is 17.6 Å². The molecule has 3 aromatic rings. The molecular weight excluding hydrogens is 304 g/mol. The lowest BCUT2D eigenvalue weighted by Crippen LogP contribution is -2.12. The molecule has 0 saturated carbocycles. The van der Waals surface area contributed by atoms with Crippen LogP contribution in [0.5, 0.6) is 0 Å². The molecule has 22 heavy (non-hydrogen) atoms. The third kappa shape index (κ3) is 2.72. The molecule has 7 heteroatoms. The summed E-state index contributed by atoms with van der Waals surface area (Å²) in [4.78, 5) is 12.2. The summed E-state index contributed by atoms with van der Waals surface area (Å²) in [6, 6.07) is 15.5. The molecule has 0 bridgehead atoms. The van der Waals surface area contributed by atoms with Gasteiger partial charge in [-0.1, -0.05) is 36.4 Å². The van der Waals surface area contributed by atoms with E-state index >= 15 is 0 Å². The van der Waals surface area contributed by atoms with Gasteiger partial charge in [0.25, 0.3) is 15.9 Å². The molecule has 0 spiro atoms. The molecule has 0 radical (unpaired) electrons. The zero-order valence-electron chi connectivity index (χ0n) is 11.3. The first-order valence-electron chi connectivity index (χ1n) is 6.37. The number of rotatable bonds is 3. The summed E-state index contributed by atoms with van der Waals surface area (Å²) in [7, 11) is -3.97. The van der Waals surface area contributed by atoms with E-state index in [1.165, 1.54) is 6.07 Å². The normalized spacial score (nSPS) is 11.5. The first-order valence-corrected chi connectivity index (χ1v) is 7.91. The molecular formula is C15H12N2O4S. The molecule has 3 N–H and O–H groups in total. The Labute approximate surface area is 126 Å². The van der Waals surface area contributed by atoms with E-state index in [1.807, 2.05) is 36.4 Å². The number of carbonyl (C=O) groups is 1. The van der Waals surface area contributed by atoms with Crippen LogP contribution in [0, 0.1) is 0 Å². The number of hydrogen-bond acceptors (Lipinski definition) is 4. The number of primary sulfonamides is 1. The van der Waals surface area contributed by atoms with Crippen LogP contribution < -0.4 is 10.5 Å². The number of sulfonamides is 1. The maximum atomic E-state index is 12.2. The lowest BCUT2D eigenvalue weighted by Gasteiger charge is -2.07. The molecule has 1 amide bonds. The summed E-state index contributed by atoms with van der Waals surface area (Å²) in [6.07, 6.45) is 0. The second-order valence-electron chi connectivity index (χ2n) is 4.64. The predicted molar refractivity (Wildman–Crippen MR) is 82.0 cm³/mol. The molecule has 0 aliphatic heterocycles. The summed E-state index contributed by atoms with van der Waals surface area (Å²) in [5, 5.41) is 9.04. The predicted octanol–water partition coefficient (Wildman–Crippen LogP) is 2.33. The molecule has 112 valence electrons. The first-order chi connectivity index (χ1) is 10.4. The Morgan fingerprint density at radius 3 is 2.45 bits per heavy atom. The van der Waals surface area contributed by atoms with E-state index in [1.54, 1.807) is 6.07 Å². The Morgan fingerprint density at radius 2 is 1.73 bits per heavy atom. The average Bonchev–Trinajstić information content (AvgIpc) is 2.98. The number of fused-ring (bicyclic) bond motifs is 1. The average molecular weight is 316 g/mol. The fraction of sp³-hybridized carbons (Fsp3) is 0. The number of nitrogens with one attached hydrogen (secondary N) is 1.